The van der Waals surface area contributed by atoms with Gasteiger partial charge in [-0.25, -0.2) is 4.79 Å². The van der Waals surface area contributed by atoms with Gasteiger partial charge in [0.15, 0.2) is 0 Å². The lowest BCUT2D eigenvalue weighted by Gasteiger charge is -2.15. The van der Waals surface area contributed by atoms with Crippen LogP contribution in [-0.2, 0) is 6.54 Å². The summed E-state index contributed by atoms with van der Waals surface area (Å²) in [5.74, 6) is 0.206. The van der Waals surface area contributed by atoms with Crippen LogP contribution in [0, 0.1) is 5.92 Å². The van der Waals surface area contributed by atoms with E-state index < -0.39 is 6.03 Å². The molecule has 7 nitrogen and oxygen atoms in total. The van der Waals surface area contributed by atoms with Crippen molar-refractivity contribution < 1.29 is 18.8 Å². The molecule has 0 saturated carbocycles. The molecule has 0 atom stereocenters. The van der Waals surface area contributed by atoms with Crippen LogP contribution in [0.1, 0.15) is 40.3 Å². The summed E-state index contributed by atoms with van der Waals surface area (Å²) in [5, 5.41) is 5.30. The Morgan fingerprint density at radius 3 is 2.60 bits per heavy atom. The monoisotopic (exact) mass is 341 g/mol. The largest absolute Gasteiger partial charge is 0.467 e. The van der Waals surface area contributed by atoms with Crippen LogP contribution in [0.3, 0.4) is 0 Å². The number of hydrogen-bond acceptors (Lipinski definition) is 4. The highest BCUT2D eigenvalue weighted by Crippen LogP contribution is 2.26. The van der Waals surface area contributed by atoms with Gasteiger partial charge in [0.2, 0.25) is 0 Å². The van der Waals surface area contributed by atoms with Crippen LogP contribution >= 0.6 is 0 Å². The molecule has 0 fully saturated rings. The quantitative estimate of drug-likeness (QED) is 0.818. The van der Waals surface area contributed by atoms with Gasteiger partial charge < -0.3 is 15.1 Å². The minimum atomic E-state index is -0.424. The minimum absolute atomic E-state index is 0.187. The Morgan fingerprint density at radius 1 is 1.16 bits per heavy atom. The molecule has 7 heteroatoms. The first-order chi connectivity index (χ1) is 12.0. The number of nitrogens with zero attached hydrogens (tertiary/aromatic N) is 1. The van der Waals surface area contributed by atoms with Gasteiger partial charge in [-0.05, 0) is 36.2 Å². The van der Waals surface area contributed by atoms with Crippen LogP contribution in [0.25, 0.3) is 0 Å². The number of furan rings is 1. The molecule has 0 spiro atoms. The van der Waals surface area contributed by atoms with Crippen molar-refractivity contribution in [3.63, 3.8) is 0 Å². The molecule has 1 aliphatic heterocycles. The maximum Gasteiger partial charge on any atom is 0.319 e. The van der Waals surface area contributed by atoms with Gasteiger partial charge in [0, 0.05) is 12.2 Å². The number of benzene rings is 1. The third-order valence-electron chi connectivity index (χ3n) is 3.78. The molecule has 3 rings (SSSR count). The number of imide groups is 1. The minimum Gasteiger partial charge on any atom is -0.467 e. The van der Waals surface area contributed by atoms with Crippen molar-refractivity contribution in [2.24, 2.45) is 5.92 Å². The second-order valence-electron chi connectivity index (χ2n) is 6.26. The molecule has 4 amide bonds. The molecule has 1 aromatic heterocycles. The summed E-state index contributed by atoms with van der Waals surface area (Å²) in [4.78, 5) is 37.9. The summed E-state index contributed by atoms with van der Waals surface area (Å²) < 4.78 is 5.13. The first-order valence-electron chi connectivity index (χ1n) is 8.03. The van der Waals surface area contributed by atoms with E-state index in [-0.39, 0.29) is 24.3 Å². The number of carbonyl (C=O) groups is 3. The van der Waals surface area contributed by atoms with Crippen molar-refractivity contribution in [2.75, 3.05) is 11.9 Å². The summed E-state index contributed by atoms with van der Waals surface area (Å²) in [6.45, 7) is 4.52. The number of urea groups is 1. The Morgan fingerprint density at radius 2 is 1.92 bits per heavy atom. The fourth-order valence-electron chi connectivity index (χ4n) is 2.66. The maximum atomic E-state index is 12.4. The Bertz CT molecular complexity index is 812. The Labute approximate surface area is 145 Å². The maximum absolute atomic E-state index is 12.4. The molecule has 2 heterocycles. The zero-order valence-electron chi connectivity index (χ0n) is 14.0. The highest BCUT2D eigenvalue weighted by atomic mass is 16.3. The van der Waals surface area contributed by atoms with Crippen LogP contribution in [-0.4, -0.2) is 29.3 Å². The van der Waals surface area contributed by atoms with E-state index in [2.05, 4.69) is 10.6 Å². The SMILES string of the molecule is CC(C)CN1C(=O)c2ccc(NC(=O)NCc3ccco3)cc2C1=O. The first-order valence-corrected chi connectivity index (χ1v) is 8.03. The Kier molecular flexibility index (Phi) is 4.56. The smallest absolute Gasteiger partial charge is 0.319 e. The molecule has 0 bridgehead atoms. The highest BCUT2D eigenvalue weighted by molar-refractivity contribution is 6.21. The van der Waals surface area contributed by atoms with Crippen LogP contribution in [0.15, 0.2) is 41.0 Å². The second-order valence-corrected chi connectivity index (χ2v) is 6.26. The third kappa shape index (κ3) is 3.55. The molecular weight excluding hydrogens is 322 g/mol. The van der Waals surface area contributed by atoms with Gasteiger partial charge in [-0.3, -0.25) is 14.5 Å². The van der Waals surface area contributed by atoms with Crippen molar-refractivity contribution in [3.8, 4) is 0 Å². The summed E-state index contributed by atoms with van der Waals surface area (Å²) in [5.41, 5.74) is 1.13. The summed E-state index contributed by atoms with van der Waals surface area (Å²) in [6, 6.07) is 7.77. The van der Waals surface area contributed by atoms with E-state index in [9.17, 15) is 14.4 Å². The van der Waals surface area contributed by atoms with Gasteiger partial charge in [-0.15, -0.1) is 0 Å². The fraction of sp³-hybridized carbons (Fsp3) is 0.278. The highest BCUT2D eigenvalue weighted by Gasteiger charge is 2.35. The molecule has 130 valence electrons. The van der Waals surface area contributed by atoms with Crippen LogP contribution in [0.2, 0.25) is 0 Å². The zero-order chi connectivity index (χ0) is 18.0. The molecular formula is C18H19N3O4. The Balaban J connectivity index is 1.68. The molecule has 2 aromatic rings. The predicted octanol–water partition coefficient (Wildman–Crippen LogP) is 2.85. The molecule has 1 aliphatic rings. The lowest BCUT2D eigenvalue weighted by molar-refractivity contribution is 0.0636. The predicted molar refractivity (Wildman–Crippen MR) is 91.2 cm³/mol. The van der Waals surface area contributed by atoms with E-state index in [0.717, 1.165) is 0 Å². The number of rotatable bonds is 5. The standard InChI is InChI=1S/C18H19N3O4/c1-11(2)10-21-16(22)14-6-5-12(8-15(14)17(21)23)20-18(24)19-9-13-4-3-7-25-13/h3-8,11H,9-10H2,1-2H3,(H2,19,20,24). The van der Waals surface area contributed by atoms with Gasteiger partial charge in [0.1, 0.15) is 5.76 Å². The third-order valence-corrected chi connectivity index (χ3v) is 3.78. The molecule has 1 aromatic carbocycles. The lowest BCUT2D eigenvalue weighted by atomic mass is 10.1. The van der Waals surface area contributed by atoms with Gasteiger partial charge in [0.05, 0.1) is 23.9 Å². The van der Waals surface area contributed by atoms with E-state index in [1.807, 2.05) is 13.8 Å². The number of anilines is 1. The van der Waals surface area contributed by atoms with Crippen molar-refractivity contribution >= 4 is 23.5 Å². The normalized spacial score (nSPS) is 13.3. The molecule has 0 aliphatic carbocycles. The Hall–Kier alpha value is -3.09. The zero-order valence-corrected chi connectivity index (χ0v) is 14.0. The summed E-state index contributed by atoms with van der Waals surface area (Å²) >= 11 is 0. The number of carbonyl (C=O) groups excluding carboxylic acids is 3. The number of amides is 4. The number of nitrogens with one attached hydrogen (secondary N) is 2. The number of hydrogen-bond donors (Lipinski definition) is 2. The topological polar surface area (TPSA) is 91.7 Å². The number of fused-ring (bicyclic) bond motifs is 1. The van der Waals surface area contributed by atoms with Crippen LogP contribution in [0.4, 0.5) is 10.5 Å². The summed E-state index contributed by atoms with van der Waals surface area (Å²) in [7, 11) is 0. The van der Waals surface area contributed by atoms with Crippen molar-refractivity contribution in [1.29, 1.82) is 0 Å². The van der Waals surface area contributed by atoms with Crippen LogP contribution < -0.4 is 10.6 Å². The van der Waals surface area contributed by atoms with Crippen LogP contribution in [0.5, 0.6) is 0 Å². The molecule has 2 N–H and O–H groups in total. The lowest BCUT2D eigenvalue weighted by Crippen LogP contribution is -2.33. The van der Waals surface area contributed by atoms with Gasteiger partial charge in [0.25, 0.3) is 11.8 Å². The van der Waals surface area contributed by atoms with E-state index in [0.29, 0.717) is 29.1 Å². The molecule has 25 heavy (non-hydrogen) atoms. The van der Waals surface area contributed by atoms with Gasteiger partial charge in [-0.1, -0.05) is 13.8 Å². The molecule has 0 unspecified atom stereocenters. The van der Waals surface area contributed by atoms with E-state index in [1.54, 1.807) is 24.3 Å². The van der Waals surface area contributed by atoms with Crippen molar-refractivity contribution in [3.05, 3.63) is 53.5 Å². The first kappa shape index (κ1) is 16.8. The van der Waals surface area contributed by atoms with E-state index in [4.69, 9.17) is 4.42 Å². The molecule has 0 radical (unpaired) electrons. The fourth-order valence-corrected chi connectivity index (χ4v) is 2.66. The van der Waals surface area contributed by atoms with Crippen molar-refractivity contribution in [1.82, 2.24) is 10.2 Å². The van der Waals surface area contributed by atoms with Gasteiger partial charge in [-0.2, -0.15) is 0 Å². The van der Waals surface area contributed by atoms with Crippen molar-refractivity contribution in [2.45, 2.75) is 20.4 Å². The van der Waals surface area contributed by atoms with Gasteiger partial charge >= 0.3 is 6.03 Å². The average Bonchev–Trinajstić information content (AvgIpc) is 3.16. The van der Waals surface area contributed by atoms with E-state index >= 15 is 0 Å². The average molecular weight is 341 g/mol. The van der Waals surface area contributed by atoms with E-state index in [1.165, 1.54) is 17.2 Å². The second kappa shape index (κ2) is 6.80. The molecule has 0 saturated heterocycles. The summed E-state index contributed by atoms with van der Waals surface area (Å²) in [6.07, 6.45) is 1.53.